The molecular weight excluding hydrogens is 705 g/mol. The van der Waals surface area contributed by atoms with Gasteiger partial charge in [-0.25, -0.2) is 19.9 Å². The van der Waals surface area contributed by atoms with Gasteiger partial charge in [-0.2, -0.15) is 0 Å². The molecule has 11 rings (SSSR count). The lowest BCUT2D eigenvalue weighted by Crippen LogP contribution is -2.00. The number of aromatic nitrogens is 4. The van der Waals surface area contributed by atoms with E-state index in [4.69, 9.17) is 24.4 Å². The highest BCUT2D eigenvalue weighted by Gasteiger charge is 2.21. The second-order valence-corrected chi connectivity index (χ2v) is 14.9. The zero-order valence-electron chi connectivity index (χ0n) is 29.9. The van der Waals surface area contributed by atoms with Crippen LogP contribution in [0.15, 0.2) is 186 Å². The van der Waals surface area contributed by atoms with Gasteiger partial charge in [0.05, 0.1) is 0 Å². The molecule has 0 aliphatic heterocycles. The molecule has 0 amide bonds. The fraction of sp³-hybridized carbons (Fsp3) is 0. The molecule has 0 spiro atoms. The van der Waals surface area contributed by atoms with Crippen LogP contribution in [0.1, 0.15) is 0 Å². The second kappa shape index (κ2) is 13.2. The summed E-state index contributed by atoms with van der Waals surface area (Å²) in [5.41, 5.74) is 9.76. The molecule has 3 heterocycles. The molecule has 56 heavy (non-hydrogen) atoms. The fourth-order valence-electron chi connectivity index (χ4n) is 7.58. The fourth-order valence-corrected chi connectivity index (χ4v) is 8.73. The van der Waals surface area contributed by atoms with E-state index < -0.39 is 0 Å². The van der Waals surface area contributed by atoms with E-state index in [0.29, 0.717) is 23.4 Å². The Morgan fingerprint density at radius 1 is 0.375 bits per heavy atom. The van der Waals surface area contributed by atoms with Gasteiger partial charge in [-0.15, -0.1) is 11.3 Å². The quantitative estimate of drug-likeness (QED) is 0.170. The molecule has 0 atom stereocenters. The molecule has 262 valence electrons. The zero-order chi connectivity index (χ0) is 37.0. The molecule has 6 heteroatoms. The van der Waals surface area contributed by atoms with Gasteiger partial charge >= 0.3 is 0 Å². The molecule has 0 N–H and O–H groups in total. The lowest BCUT2D eigenvalue weighted by Gasteiger charge is -2.10. The topological polar surface area (TPSA) is 64.7 Å². The third-order valence-electron chi connectivity index (χ3n) is 10.3. The second-order valence-electron chi connectivity index (χ2n) is 13.8. The summed E-state index contributed by atoms with van der Waals surface area (Å²) in [6.07, 6.45) is 0. The van der Waals surface area contributed by atoms with Crippen molar-refractivity contribution in [3.05, 3.63) is 182 Å². The van der Waals surface area contributed by atoms with Crippen molar-refractivity contribution in [1.29, 1.82) is 0 Å². The van der Waals surface area contributed by atoms with E-state index in [0.717, 1.165) is 60.8 Å². The summed E-state index contributed by atoms with van der Waals surface area (Å²) in [4.78, 5) is 20.0. The number of fused-ring (bicyclic) bond motifs is 5. The number of thiophene rings is 1. The first-order valence-electron chi connectivity index (χ1n) is 18.5. The van der Waals surface area contributed by atoms with E-state index >= 15 is 0 Å². The molecule has 3 aromatic heterocycles. The molecule has 0 fully saturated rings. The molecule has 0 radical (unpaired) electrons. The molecule has 0 bridgehead atoms. The van der Waals surface area contributed by atoms with Crippen molar-refractivity contribution >= 4 is 53.4 Å². The van der Waals surface area contributed by atoms with Gasteiger partial charge in [-0.3, -0.25) is 0 Å². The molecule has 11 aromatic rings. The molecule has 0 aliphatic rings. The van der Waals surface area contributed by atoms with Crippen molar-refractivity contribution in [3.63, 3.8) is 0 Å². The first-order valence-corrected chi connectivity index (χ1v) is 19.4. The van der Waals surface area contributed by atoms with Gasteiger partial charge < -0.3 is 4.42 Å². The number of benzene rings is 8. The van der Waals surface area contributed by atoms with Crippen molar-refractivity contribution in [3.8, 4) is 67.9 Å². The molecular formula is C50H30N4OS. The third-order valence-corrected chi connectivity index (χ3v) is 11.5. The minimum absolute atomic E-state index is 0.601. The van der Waals surface area contributed by atoms with Gasteiger partial charge in [-0.05, 0) is 63.9 Å². The zero-order valence-corrected chi connectivity index (χ0v) is 30.7. The Morgan fingerprint density at radius 3 is 1.57 bits per heavy atom. The predicted octanol–water partition coefficient (Wildman–Crippen LogP) is 13.5. The Kier molecular flexibility index (Phi) is 7.60. The molecule has 5 nitrogen and oxygen atoms in total. The largest absolute Gasteiger partial charge is 0.435 e. The summed E-state index contributed by atoms with van der Waals surface area (Å²) in [6, 6.07) is 62.8. The van der Waals surface area contributed by atoms with Gasteiger partial charge in [0.2, 0.25) is 5.89 Å². The first-order chi connectivity index (χ1) is 27.7. The maximum atomic E-state index is 6.79. The van der Waals surface area contributed by atoms with E-state index in [2.05, 4.69) is 115 Å². The lowest BCUT2D eigenvalue weighted by molar-refractivity contribution is 0.621. The third kappa shape index (κ3) is 5.63. The number of hydrogen-bond acceptors (Lipinski definition) is 6. The van der Waals surface area contributed by atoms with Crippen LogP contribution >= 0.6 is 11.3 Å². The smallest absolute Gasteiger partial charge is 0.227 e. The van der Waals surface area contributed by atoms with Crippen LogP contribution in [-0.2, 0) is 0 Å². The van der Waals surface area contributed by atoms with Crippen LogP contribution < -0.4 is 0 Å². The standard InChI is InChI=1S/C50H30N4OS/c1-4-12-31(13-5-1)32-20-24-36(25-21-32)50-51-41-30-43-45(40-18-10-11-19-42(40)56-43)44(46(41)55-50)37-26-22-33-23-27-38(29-39(33)28-37)49-53-47(34-14-6-2-7-15-34)52-48(54-49)35-16-8-3-9-17-35/h1-30H. The van der Waals surface area contributed by atoms with Crippen LogP contribution in [0.5, 0.6) is 0 Å². The summed E-state index contributed by atoms with van der Waals surface area (Å²) < 4.78 is 9.20. The Morgan fingerprint density at radius 2 is 0.893 bits per heavy atom. The molecule has 0 saturated carbocycles. The van der Waals surface area contributed by atoms with Crippen LogP contribution in [-0.4, -0.2) is 19.9 Å². The highest BCUT2D eigenvalue weighted by molar-refractivity contribution is 7.26. The summed E-state index contributed by atoms with van der Waals surface area (Å²) in [7, 11) is 0. The van der Waals surface area contributed by atoms with Gasteiger partial charge in [-0.1, -0.05) is 146 Å². The Hall–Kier alpha value is -7.28. The highest BCUT2D eigenvalue weighted by atomic mass is 32.1. The van der Waals surface area contributed by atoms with Crippen LogP contribution in [0.25, 0.3) is 110 Å². The van der Waals surface area contributed by atoms with E-state index in [1.807, 2.05) is 66.7 Å². The van der Waals surface area contributed by atoms with E-state index in [1.165, 1.54) is 25.7 Å². The lowest BCUT2D eigenvalue weighted by atomic mass is 9.95. The summed E-state index contributed by atoms with van der Waals surface area (Å²) in [5.74, 6) is 2.50. The minimum Gasteiger partial charge on any atom is -0.435 e. The van der Waals surface area contributed by atoms with Crippen molar-refractivity contribution < 1.29 is 4.42 Å². The summed E-state index contributed by atoms with van der Waals surface area (Å²) in [6.45, 7) is 0. The summed E-state index contributed by atoms with van der Waals surface area (Å²) >= 11 is 1.79. The van der Waals surface area contributed by atoms with Crippen LogP contribution in [0, 0.1) is 0 Å². The summed E-state index contributed by atoms with van der Waals surface area (Å²) in [5, 5.41) is 4.57. The van der Waals surface area contributed by atoms with Crippen molar-refractivity contribution in [1.82, 2.24) is 19.9 Å². The highest BCUT2D eigenvalue weighted by Crippen LogP contribution is 2.46. The van der Waals surface area contributed by atoms with Crippen LogP contribution in [0.3, 0.4) is 0 Å². The number of nitrogens with zero attached hydrogens (tertiary/aromatic N) is 4. The van der Waals surface area contributed by atoms with E-state index in [-0.39, 0.29) is 0 Å². The Labute approximate surface area is 326 Å². The van der Waals surface area contributed by atoms with Crippen molar-refractivity contribution in [2.75, 3.05) is 0 Å². The predicted molar refractivity (Wildman–Crippen MR) is 230 cm³/mol. The van der Waals surface area contributed by atoms with E-state index in [9.17, 15) is 0 Å². The average molecular weight is 735 g/mol. The first kappa shape index (κ1) is 32.2. The Balaban J connectivity index is 1.08. The number of rotatable bonds is 6. The van der Waals surface area contributed by atoms with Crippen LogP contribution in [0.2, 0.25) is 0 Å². The van der Waals surface area contributed by atoms with Gasteiger partial charge in [0, 0.05) is 48.0 Å². The van der Waals surface area contributed by atoms with E-state index in [1.54, 1.807) is 11.3 Å². The molecule has 0 unspecified atom stereocenters. The van der Waals surface area contributed by atoms with Gasteiger partial charge in [0.15, 0.2) is 23.1 Å². The maximum absolute atomic E-state index is 6.79. The molecule has 0 saturated heterocycles. The monoisotopic (exact) mass is 734 g/mol. The minimum atomic E-state index is 0.601. The normalized spacial score (nSPS) is 11.6. The molecule has 8 aromatic carbocycles. The maximum Gasteiger partial charge on any atom is 0.227 e. The van der Waals surface area contributed by atoms with Crippen LogP contribution in [0.4, 0.5) is 0 Å². The van der Waals surface area contributed by atoms with Gasteiger partial charge in [0.1, 0.15) is 5.52 Å². The average Bonchev–Trinajstić information content (AvgIpc) is 3.87. The van der Waals surface area contributed by atoms with Crippen molar-refractivity contribution in [2.45, 2.75) is 0 Å². The molecule has 0 aliphatic carbocycles. The number of oxazole rings is 1. The van der Waals surface area contributed by atoms with Crippen molar-refractivity contribution in [2.24, 2.45) is 0 Å². The number of hydrogen-bond donors (Lipinski definition) is 0. The van der Waals surface area contributed by atoms with Gasteiger partial charge in [0.25, 0.3) is 0 Å². The Bertz CT molecular complexity index is 3170. The SMILES string of the molecule is c1ccc(-c2ccc(-c3nc4cc5sc6ccccc6c5c(-c5ccc6ccc(-c7nc(-c8ccccc8)nc(-c8ccccc8)n7)cc6c5)c4o3)cc2)cc1.